The zero-order valence-corrected chi connectivity index (χ0v) is 17.7. The van der Waals surface area contributed by atoms with Crippen molar-refractivity contribution in [1.29, 1.82) is 0 Å². The van der Waals surface area contributed by atoms with Crippen LogP contribution >= 0.6 is 0 Å². The van der Waals surface area contributed by atoms with Crippen LogP contribution in [0.4, 0.5) is 5.69 Å². The van der Waals surface area contributed by atoms with Gasteiger partial charge in [0, 0.05) is 30.4 Å². The summed E-state index contributed by atoms with van der Waals surface area (Å²) in [6.45, 7) is 3.15. The maximum absolute atomic E-state index is 12.8. The highest BCUT2D eigenvalue weighted by Crippen LogP contribution is 2.26. The molecule has 3 rings (SSSR count). The lowest BCUT2D eigenvalue weighted by Gasteiger charge is -2.30. The second-order valence-corrected chi connectivity index (χ2v) is 9.13. The van der Waals surface area contributed by atoms with Crippen molar-refractivity contribution in [3.63, 3.8) is 0 Å². The van der Waals surface area contributed by atoms with Gasteiger partial charge in [-0.2, -0.15) is 4.31 Å². The topological polar surface area (TPSA) is 84.9 Å². The summed E-state index contributed by atoms with van der Waals surface area (Å²) in [5, 5.41) is 2.77. The van der Waals surface area contributed by atoms with E-state index in [4.69, 9.17) is 9.47 Å². The largest absolute Gasteiger partial charge is 0.497 e. The predicted octanol–water partition coefficient (Wildman–Crippen LogP) is 3.38. The molecule has 1 heterocycles. The van der Waals surface area contributed by atoms with E-state index in [1.54, 1.807) is 30.3 Å². The summed E-state index contributed by atoms with van der Waals surface area (Å²) >= 11 is 0. The molecule has 0 unspecified atom stereocenters. The van der Waals surface area contributed by atoms with Crippen LogP contribution in [0.5, 0.6) is 11.5 Å². The number of hydrogen-bond donors (Lipinski definition) is 1. The number of carbonyl (C=O) groups is 1. The number of methoxy groups -OCH3 is 2. The van der Waals surface area contributed by atoms with E-state index in [1.165, 1.54) is 30.7 Å². The molecule has 2 aromatic rings. The van der Waals surface area contributed by atoms with Crippen LogP contribution in [-0.2, 0) is 10.0 Å². The van der Waals surface area contributed by atoms with Gasteiger partial charge >= 0.3 is 0 Å². The van der Waals surface area contributed by atoms with E-state index >= 15 is 0 Å². The molecule has 1 amide bonds. The van der Waals surface area contributed by atoms with E-state index in [-0.39, 0.29) is 10.8 Å². The van der Waals surface area contributed by atoms with Crippen LogP contribution in [0.25, 0.3) is 0 Å². The van der Waals surface area contributed by atoms with Gasteiger partial charge in [0.25, 0.3) is 5.91 Å². The average Bonchev–Trinajstić information content (AvgIpc) is 2.73. The third kappa shape index (κ3) is 4.89. The summed E-state index contributed by atoms with van der Waals surface area (Å²) in [4.78, 5) is 12.8. The highest BCUT2D eigenvalue weighted by molar-refractivity contribution is 7.89. The molecular weight excluding hydrogens is 392 g/mol. The van der Waals surface area contributed by atoms with Crippen molar-refractivity contribution >= 4 is 21.6 Å². The number of nitrogens with zero attached hydrogens (tertiary/aromatic N) is 1. The molecule has 0 radical (unpaired) electrons. The fourth-order valence-corrected chi connectivity index (χ4v) is 4.96. The lowest BCUT2D eigenvalue weighted by molar-refractivity contribution is 0.102. The first-order valence-electron chi connectivity index (χ1n) is 9.48. The quantitative estimate of drug-likeness (QED) is 0.777. The smallest absolute Gasteiger partial charge is 0.255 e. The van der Waals surface area contributed by atoms with E-state index in [2.05, 4.69) is 12.2 Å². The SMILES string of the molecule is COc1cc(OC)cc(C(=O)Nc2ccc(S(=O)(=O)N3CCC[C@@H](C)C3)cc2)c1. The van der Waals surface area contributed by atoms with Crippen molar-refractivity contribution < 1.29 is 22.7 Å². The van der Waals surface area contributed by atoms with E-state index in [1.807, 2.05) is 0 Å². The normalized spacial score (nSPS) is 17.6. The van der Waals surface area contributed by atoms with Gasteiger partial charge in [-0.1, -0.05) is 6.92 Å². The molecule has 1 saturated heterocycles. The van der Waals surface area contributed by atoms with Crippen LogP contribution in [0.1, 0.15) is 30.1 Å². The Morgan fingerprint density at radius 1 is 1.07 bits per heavy atom. The fourth-order valence-electron chi connectivity index (χ4n) is 3.37. The van der Waals surface area contributed by atoms with Crippen molar-refractivity contribution in [2.45, 2.75) is 24.7 Å². The molecule has 2 aromatic carbocycles. The molecule has 0 bridgehead atoms. The Hall–Kier alpha value is -2.58. The molecule has 8 heteroatoms. The molecule has 29 heavy (non-hydrogen) atoms. The number of rotatable bonds is 6. The van der Waals surface area contributed by atoms with Gasteiger partial charge in [-0.25, -0.2) is 8.42 Å². The number of sulfonamides is 1. The third-order valence-corrected chi connectivity index (χ3v) is 6.86. The molecule has 7 nitrogen and oxygen atoms in total. The minimum absolute atomic E-state index is 0.229. The second-order valence-electron chi connectivity index (χ2n) is 7.19. The summed E-state index contributed by atoms with van der Waals surface area (Å²) in [5.41, 5.74) is 0.878. The minimum Gasteiger partial charge on any atom is -0.497 e. The number of hydrogen-bond acceptors (Lipinski definition) is 5. The molecule has 1 fully saturated rings. The van der Waals surface area contributed by atoms with Crippen LogP contribution in [0, 0.1) is 5.92 Å². The van der Waals surface area contributed by atoms with Crippen molar-refractivity contribution in [1.82, 2.24) is 4.31 Å². The number of nitrogens with one attached hydrogen (secondary N) is 1. The first-order chi connectivity index (χ1) is 13.8. The number of amides is 1. The molecule has 1 N–H and O–H groups in total. The molecule has 1 aliphatic heterocycles. The summed E-state index contributed by atoms with van der Waals surface area (Å²) in [5.74, 6) is 1.03. The summed E-state index contributed by atoms with van der Waals surface area (Å²) in [6.07, 6.45) is 1.92. The first kappa shape index (κ1) is 21.1. The van der Waals surface area contributed by atoms with Crippen molar-refractivity contribution in [2.75, 3.05) is 32.6 Å². The molecule has 0 aliphatic carbocycles. The van der Waals surface area contributed by atoms with Gasteiger partial charge in [0.15, 0.2) is 0 Å². The van der Waals surface area contributed by atoms with E-state index in [0.29, 0.717) is 41.8 Å². The van der Waals surface area contributed by atoms with Gasteiger partial charge in [0.05, 0.1) is 19.1 Å². The number of ether oxygens (including phenoxy) is 2. The van der Waals surface area contributed by atoms with Crippen LogP contribution in [0.2, 0.25) is 0 Å². The van der Waals surface area contributed by atoms with Gasteiger partial charge in [-0.15, -0.1) is 0 Å². The number of piperidine rings is 1. The van der Waals surface area contributed by atoms with Gasteiger partial charge in [0.2, 0.25) is 10.0 Å². The molecule has 0 aromatic heterocycles. The highest BCUT2D eigenvalue weighted by Gasteiger charge is 2.28. The molecule has 1 atom stereocenters. The van der Waals surface area contributed by atoms with E-state index in [9.17, 15) is 13.2 Å². The van der Waals surface area contributed by atoms with Crippen molar-refractivity contribution in [3.8, 4) is 11.5 Å². The Balaban J connectivity index is 1.74. The zero-order valence-electron chi connectivity index (χ0n) is 16.8. The highest BCUT2D eigenvalue weighted by atomic mass is 32.2. The van der Waals surface area contributed by atoms with E-state index < -0.39 is 10.0 Å². The average molecular weight is 419 g/mol. The maximum atomic E-state index is 12.8. The van der Waals surface area contributed by atoms with E-state index in [0.717, 1.165) is 12.8 Å². The monoisotopic (exact) mass is 418 g/mol. The maximum Gasteiger partial charge on any atom is 0.255 e. The Morgan fingerprint density at radius 3 is 2.24 bits per heavy atom. The summed E-state index contributed by atoms with van der Waals surface area (Å²) in [6, 6.07) is 11.1. The van der Waals surface area contributed by atoms with Crippen molar-refractivity contribution in [3.05, 3.63) is 48.0 Å². The predicted molar refractivity (Wildman–Crippen MR) is 111 cm³/mol. The first-order valence-corrected chi connectivity index (χ1v) is 10.9. The van der Waals surface area contributed by atoms with Crippen molar-refractivity contribution in [2.24, 2.45) is 5.92 Å². The zero-order chi connectivity index (χ0) is 21.0. The Bertz CT molecular complexity index is 951. The Labute approximate surface area is 171 Å². The van der Waals surface area contributed by atoms with Crippen LogP contribution in [-0.4, -0.2) is 45.9 Å². The fraction of sp³-hybridized carbons (Fsp3) is 0.381. The molecule has 0 saturated carbocycles. The lowest BCUT2D eigenvalue weighted by Crippen LogP contribution is -2.39. The van der Waals surface area contributed by atoms with Crippen LogP contribution in [0.3, 0.4) is 0 Å². The Morgan fingerprint density at radius 2 is 1.69 bits per heavy atom. The number of carbonyl (C=O) groups excluding carboxylic acids is 1. The second kappa shape index (κ2) is 8.84. The molecule has 0 spiro atoms. The number of benzene rings is 2. The molecule has 1 aliphatic rings. The van der Waals surface area contributed by atoms with Gasteiger partial charge in [-0.05, 0) is 55.2 Å². The summed E-state index contributed by atoms with van der Waals surface area (Å²) < 4.78 is 37.6. The van der Waals surface area contributed by atoms with Gasteiger partial charge in [-0.3, -0.25) is 4.79 Å². The Kier molecular flexibility index (Phi) is 6.44. The molecular formula is C21H26N2O5S. The van der Waals surface area contributed by atoms with Crippen LogP contribution in [0.15, 0.2) is 47.4 Å². The molecule has 156 valence electrons. The van der Waals surface area contributed by atoms with Gasteiger partial charge in [0.1, 0.15) is 11.5 Å². The third-order valence-electron chi connectivity index (χ3n) is 4.98. The lowest BCUT2D eigenvalue weighted by atomic mass is 10.0. The number of anilines is 1. The van der Waals surface area contributed by atoms with Gasteiger partial charge < -0.3 is 14.8 Å². The summed E-state index contributed by atoms with van der Waals surface area (Å²) in [7, 11) is -0.498. The van der Waals surface area contributed by atoms with Crippen LogP contribution < -0.4 is 14.8 Å². The minimum atomic E-state index is -3.52. The standard InChI is InChI=1S/C21H26N2O5S/c1-15-5-4-10-23(14-15)29(25,26)20-8-6-17(7-9-20)22-21(24)16-11-18(27-2)13-19(12-16)28-3/h6-9,11-13,15H,4-5,10,14H2,1-3H3,(H,22,24)/t15-/m1/s1.